The van der Waals surface area contributed by atoms with Gasteiger partial charge in [0.2, 0.25) is 0 Å². The molecule has 0 bridgehead atoms. The fourth-order valence-electron chi connectivity index (χ4n) is 4.60. The zero-order valence-corrected chi connectivity index (χ0v) is 21.4. The maximum absolute atomic E-state index is 13.8. The normalized spacial score (nSPS) is 12.4. The number of nitrogens with zero attached hydrogens (tertiary/aromatic N) is 1. The maximum Gasteiger partial charge on any atom is 0.416 e. The fourth-order valence-corrected chi connectivity index (χ4v) is 5.46. The van der Waals surface area contributed by atoms with Crippen LogP contribution in [0.5, 0.6) is 0 Å². The lowest BCUT2D eigenvalue weighted by Crippen LogP contribution is -2.48. The van der Waals surface area contributed by atoms with E-state index < -0.39 is 34.9 Å². The van der Waals surface area contributed by atoms with Crippen molar-refractivity contribution in [3.05, 3.63) is 136 Å². The predicted octanol–water partition coefficient (Wildman–Crippen LogP) is 8.25. The monoisotopic (exact) mass is 570 g/mol. The molecule has 40 heavy (non-hydrogen) atoms. The number of fused-ring (bicyclic) bond motifs is 1. The number of amides is 1. The van der Waals surface area contributed by atoms with Gasteiger partial charge in [-0.2, -0.15) is 26.3 Å². The van der Waals surface area contributed by atoms with Crippen LogP contribution in [0.15, 0.2) is 103 Å². The lowest BCUT2D eigenvalue weighted by molar-refractivity contribution is -0.138. The van der Waals surface area contributed by atoms with Crippen molar-refractivity contribution in [3.63, 3.8) is 0 Å². The third kappa shape index (κ3) is 5.58. The molecule has 1 N–H and O–H groups in total. The van der Waals surface area contributed by atoms with Gasteiger partial charge >= 0.3 is 12.4 Å². The molecule has 0 saturated heterocycles. The number of carbonyl (C=O) groups excluding carboxylic acids is 1. The third-order valence-corrected chi connectivity index (χ3v) is 7.53. The number of nitrogens with one attached hydrogen (secondary N) is 1. The van der Waals surface area contributed by atoms with E-state index in [0.29, 0.717) is 15.8 Å². The molecule has 0 saturated carbocycles. The Bertz CT molecular complexity index is 1570. The zero-order chi connectivity index (χ0) is 28.5. The number of alkyl halides is 6. The molecule has 0 aliphatic rings. The van der Waals surface area contributed by atoms with Gasteiger partial charge in [0.05, 0.1) is 26.9 Å². The summed E-state index contributed by atoms with van der Waals surface area (Å²) in [5, 5.41) is 2.85. The van der Waals surface area contributed by atoms with Gasteiger partial charge in [0.1, 0.15) is 0 Å². The van der Waals surface area contributed by atoms with E-state index in [-0.39, 0.29) is 22.6 Å². The van der Waals surface area contributed by atoms with E-state index in [1.807, 2.05) is 0 Å². The largest absolute Gasteiger partial charge is 0.416 e. The lowest BCUT2D eigenvalue weighted by Gasteiger charge is -2.37. The van der Waals surface area contributed by atoms with Gasteiger partial charge in [-0.15, -0.1) is 11.3 Å². The number of hydrogen-bond acceptors (Lipinski definition) is 3. The summed E-state index contributed by atoms with van der Waals surface area (Å²) in [6.45, 7) is 0. The van der Waals surface area contributed by atoms with Crippen molar-refractivity contribution >= 4 is 27.5 Å². The first-order valence-electron chi connectivity index (χ1n) is 12.0. The van der Waals surface area contributed by atoms with Crippen LogP contribution in [-0.2, 0) is 24.3 Å². The summed E-state index contributed by atoms with van der Waals surface area (Å²) >= 11 is 1.07. The minimum absolute atomic E-state index is 0.0255. The number of halogens is 6. The Labute approximate surface area is 229 Å². The van der Waals surface area contributed by atoms with Crippen molar-refractivity contribution in [2.24, 2.45) is 0 Å². The summed E-state index contributed by atoms with van der Waals surface area (Å²) in [4.78, 5) is 18.1. The van der Waals surface area contributed by atoms with Crippen LogP contribution >= 0.6 is 11.3 Å². The highest BCUT2D eigenvalue weighted by atomic mass is 32.1. The molecule has 0 radical (unpaired) electrons. The minimum Gasteiger partial charge on any atom is -0.336 e. The summed E-state index contributed by atoms with van der Waals surface area (Å²) in [6.07, 6.45) is -9.58. The van der Waals surface area contributed by atoms with Gasteiger partial charge in [-0.05, 0) is 53.1 Å². The van der Waals surface area contributed by atoms with Crippen molar-refractivity contribution in [1.29, 1.82) is 0 Å². The van der Waals surface area contributed by atoms with Crippen LogP contribution in [0.4, 0.5) is 26.3 Å². The lowest BCUT2D eigenvalue weighted by atomic mass is 9.77. The van der Waals surface area contributed by atoms with Crippen LogP contribution < -0.4 is 5.32 Å². The van der Waals surface area contributed by atoms with Gasteiger partial charge in [-0.3, -0.25) is 4.79 Å². The second-order valence-corrected chi connectivity index (χ2v) is 10.2. The molecule has 0 atom stereocenters. The van der Waals surface area contributed by atoms with Crippen LogP contribution in [0, 0.1) is 0 Å². The molecule has 10 heteroatoms. The Morgan fingerprint density at radius 3 is 1.75 bits per heavy atom. The number of aromatic nitrogens is 1. The van der Waals surface area contributed by atoms with Crippen molar-refractivity contribution in [2.75, 3.05) is 0 Å². The summed E-state index contributed by atoms with van der Waals surface area (Å²) < 4.78 is 83.5. The Hall–Kier alpha value is -4.18. The van der Waals surface area contributed by atoms with Crippen molar-refractivity contribution in [2.45, 2.75) is 24.3 Å². The molecular formula is C30H20F6N2OS. The van der Waals surface area contributed by atoms with Gasteiger partial charge in [0, 0.05) is 6.42 Å². The van der Waals surface area contributed by atoms with Gasteiger partial charge in [0.15, 0.2) is 5.01 Å². The van der Waals surface area contributed by atoms with Gasteiger partial charge in [-0.25, -0.2) is 4.98 Å². The van der Waals surface area contributed by atoms with E-state index in [2.05, 4.69) is 10.3 Å². The smallest absolute Gasteiger partial charge is 0.336 e. The number of rotatable bonds is 6. The maximum atomic E-state index is 13.8. The van der Waals surface area contributed by atoms with Crippen LogP contribution in [0.2, 0.25) is 0 Å². The number of carbonyl (C=O) groups is 1. The van der Waals surface area contributed by atoms with E-state index in [1.54, 1.807) is 54.6 Å². The summed E-state index contributed by atoms with van der Waals surface area (Å²) in [5.74, 6) is -0.730. The van der Waals surface area contributed by atoms with E-state index in [1.165, 1.54) is 24.3 Å². The molecular weight excluding hydrogens is 550 g/mol. The molecule has 0 spiro atoms. The van der Waals surface area contributed by atoms with Gasteiger partial charge in [0.25, 0.3) is 5.91 Å². The molecule has 1 heterocycles. The molecule has 1 aromatic heterocycles. The Balaban J connectivity index is 1.75. The van der Waals surface area contributed by atoms with Crippen molar-refractivity contribution < 1.29 is 31.1 Å². The molecule has 5 rings (SSSR count). The Kier molecular flexibility index (Phi) is 7.14. The molecule has 0 aliphatic heterocycles. The second kappa shape index (κ2) is 10.4. The van der Waals surface area contributed by atoms with E-state index in [4.69, 9.17) is 0 Å². The average molecular weight is 571 g/mol. The van der Waals surface area contributed by atoms with Crippen molar-refractivity contribution in [3.8, 4) is 0 Å². The van der Waals surface area contributed by atoms with E-state index in [0.717, 1.165) is 35.6 Å². The average Bonchev–Trinajstić information content (AvgIpc) is 3.37. The second-order valence-electron chi connectivity index (χ2n) is 9.17. The van der Waals surface area contributed by atoms with E-state index >= 15 is 0 Å². The number of benzene rings is 4. The molecule has 4 aromatic carbocycles. The summed E-state index contributed by atoms with van der Waals surface area (Å²) in [6, 6.07) is 24.1. The van der Waals surface area contributed by atoms with Crippen LogP contribution in [-0.4, -0.2) is 10.9 Å². The van der Waals surface area contributed by atoms with Crippen LogP contribution in [0.1, 0.15) is 37.6 Å². The predicted molar refractivity (Wildman–Crippen MR) is 141 cm³/mol. The molecule has 204 valence electrons. The molecule has 0 unspecified atom stereocenters. The highest BCUT2D eigenvalue weighted by molar-refractivity contribution is 7.20. The number of hydrogen-bond donors (Lipinski definition) is 1. The molecule has 0 aliphatic carbocycles. The molecule has 5 aromatic rings. The first-order chi connectivity index (χ1) is 19.0. The zero-order valence-electron chi connectivity index (χ0n) is 20.6. The topological polar surface area (TPSA) is 42.0 Å². The summed E-state index contributed by atoms with van der Waals surface area (Å²) in [5.41, 5.74) is -2.74. The van der Waals surface area contributed by atoms with Gasteiger partial charge < -0.3 is 5.32 Å². The molecule has 3 nitrogen and oxygen atoms in total. The SMILES string of the molecule is O=C(NC(Cc1ccccc1)(c1cccc(C(F)(F)F)c1)c1cccc(C(F)(F)F)c1)c1nc2ccccc2s1. The van der Waals surface area contributed by atoms with Crippen LogP contribution in [0.3, 0.4) is 0 Å². The highest BCUT2D eigenvalue weighted by Gasteiger charge is 2.41. The highest BCUT2D eigenvalue weighted by Crippen LogP contribution is 2.40. The van der Waals surface area contributed by atoms with Crippen LogP contribution in [0.25, 0.3) is 10.2 Å². The molecule has 0 fully saturated rings. The first kappa shape index (κ1) is 27.4. The fraction of sp³-hybridized carbons (Fsp3) is 0.133. The third-order valence-electron chi connectivity index (χ3n) is 6.49. The van der Waals surface area contributed by atoms with Crippen molar-refractivity contribution in [1.82, 2.24) is 10.3 Å². The van der Waals surface area contributed by atoms with E-state index in [9.17, 15) is 31.1 Å². The standard InChI is InChI=1S/C30H20F6N2OS/c31-29(32,33)22-12-6-10-20(16-22)28(18-19-8-2-1-3-9-19,21-11-7-13-23(17-21)30(34,35)36)38-26(39)27-37-24-14-4-5-15-25(24)40-27/h1-17H,18H2,(H,38,39). The minimum atomic E-state index is -4.72. The number of para-hydroxylation sites is 1. The summed E-state index contributed by atoms with van der Waals surface area (Å²) in [7, 11) is 0. The number of thiazole rings is 1. The van der Waals surface area contributed by atoms with Gasteiger partial charge in [-0.1, -0.05) is 66.7 Å². The Morgan fingerprint density at radius 2 is 1.20 bits per heavy atom. The first-order valence-corrected chi connectivity index (χ1v) is 12.8. The quantitative estimate of drug-likeness (QED) is 0.209. The molecule has 1 amide bonds. The Morgan fingerprint density at radius 1 is 0.675 bits per heavy atom.